The number of rotatable bonds is 6. The fourth-order valence-corrected chi connectivity index (χ4v) is 5.00. The molecule has 0 bridgehead atoms. The predicted octanol–water partition coefficient (Wildman–Crippen LogP) is 2.47. The zero-order chi connectivity index (χ0) is 17.2. The Bertz CT molecular complexity index is 575. The molecule has 0 unspecified atom stereocenters. The van der Waals surface area contributed by atoms with Crippen LogP contribution in [-0.4, -0.2) is 60.5 Å². The fourth-order valence-electron chi connectivity index (χ4n) is 4.10. The van der Waals surface area contributed by atoms with E-state index in [-0.39, 0.29) is 30.3 Å². The molecule has 5 nitrogen and oxygen atoms in total. The molecule has 0 aromatic carbocycles. The van der Waals surface area contributed by atoms with Crippen LogP contribution in [0.3, 0.4) is 0 Å². The van der Waals surface area contributed by atoms with Crippen LogP contribution in [0.15, 0.2) is 12.1 Å². The van der Waals surface area contributed by atoms with Crippen molar-refractivity contribution >= 4 is 17.2 Å². The van der Waals surface area contributed by atoms with Crippen LogP contribution in [0.2, 0.25) is 0 Å². The number of carbonyl (C=O) groups excluding carboxylic acids is 1. The largest absolute Gasteiger partial charge is 0.394 e. The normalized spacial score (nSPS) is 29.7. The molecule has 6 heteroatoms. The Morgan fingerprint density at radius 2 is 2.29 bits per heavy atom. The lowest BCUT2D eigenvalue weighted by Gasteiger charge is -2.43. The Balaban J connectivity index is 1.77. The number of hydrogen-bond donors (Lipinski definition) is 1. The molecule has 134 valence electrons. The van der Waals surface area contributed by atoms with Crippen LogP contribution >= 0.6 is 11.3 Å². The summed E-state index contributed by atoms with van der Waals surface area (Å²) in [6.45, 7) is 3.24. The van der Waals surface area contributed by atoms with Gasteiger partial charge in [0.1, 0.15) is 0 Å². The Morgan fingerprint density at radius 3 is 2.96 bits per heavy atom. The van der Waals surface area contributed by atoms with Crippen LogP contribution in [-0.2, 0) is 15.9 Å². The average molecular weight is 353 g/mol. The second kappa shape index (κ2) is 7.52. The van der Waals surface area contributed by atoms with Gasteiger partial charge in [-0.2, -0.15) is 0 Å². The summed E-state index contributed by atoms with van der Waals surface area (Å²) in [4.78, 5) is 17.1. The van der Waals surface area contributed by atoms with Crippen molar-refractivity contribution in [2.45, 2.75) is 56.8 Å². The van der Waals surface area contributed by atoms with Crippen LogP contribution < -0.4 is 0 Å². The van der Waals surface area contributed by atoms with Crippen molar-refractivity contribution in [3.8, 4) is 0 Å². The van der Waals surface area contributed by atoms with E-state index in [1.165, 1.54) is 4.88 Å². The topological polar surface area (TPSA) is 59.0 Å². The number of hydrogen-bond acceptors (Lipinski definition) is 5. The summed E-state index contributed by atoms with van der Waals surface area (Å²) in [5.41, 5.74) is -0.237. The molecule has 2 fully saturated rings. The first-order valence-electron chi connectivity index (χ1n) is 8.81. The minimum absolute atomic E-state index is 0.0359. The molecule has 1 N–H and O–H groups in total. The second-order valence-electron chi connectivity index (χ2n) is 6.64. The summed E-state index contributed by atoms with van der Waals surface area (Å²) >= 11 is 1.59. The van der Waals surface area contributed by atoms with Crippen LogP contribution in [0.1, 0.15) is 47.2 Å². The van der Waals surface area contributed by atoms with Gasteiger partial charge in [-0.3, -0.25) is 4.79 Å². The molecule has 3 rings (SSSR count). The van der Waals surface area contributed by atoms with E-state index in [4.69, 9.17) is 14.6 Å². The molecule has 1 saturated heterocycles. The lowest BCUT2D eigenvalue weighted by molar-refractivity contribution is -0.0991. The van der Waals surface area contributed by atoms with E-state index in [0.29, 0.717) is 6.61 Å². The Labute approximate surface area is 147 Å². The summed E-state index contributed by atoms with van der Waals surface area (Å²) in [6.07, 6.45) is 4.54. The van der Waals surface area contributed by atoms with Crippen LogP contribution in [0.4, 0.5) is 0 Å². The van der Waals surface area contributed by atoms with Crippen molar-refractivity contribution < 1.29 is 19.4 Å². The van der Waals surface area contributed by atoms with Crippen molar-refractivity contribution in [3.05, 3.63) is 21.9 Å². The highest BCUT2D eigenvalue weighted by Crippen LogP contribution is 2.44. The smallest absolute Gasteiger partial charge is 0.264 e. The van der Waals surface area contributed by atoms with Gasteiger partial charge in [-0.1, -0.05) is 6.92 Å². The standard InChI is InChI=1S/C18H27NO4S/c1-3-14-4-5-15(24-14)17(21)19-9-8-18(22-2)7-6-13(12-16(18)19)23-11-10-20/h4-5,13,16,20H,3,6-12H2,1-2H3/t13-,16-,18+/m0/s1. The van der Waals surface area contributed by atoms with E-state index in [0.717, 1.165) is 43.5 Å². The number of likely N-dealkylation sites (tertiary alicyclic amines) is 1. The monoisotopic (exact) mass is 353 g/mol. The molecule has 1 aromatic heterocycles. The maximum Gasteiger partial charge on any atom is 0.264 e. The van der Waals surface area contributed by atoms with Crippen LogP contribution in [0.25, 0.3) is 0 Å². The molecule has 1 amide bonds. The van der Waals surface area contributed by atoms with E-state index in [1.54, 1.807) is 18.4 Å². The predicted molar refractivity (Wildman–Crippen MR) is 93.6 cm³/mol. The summed E-state index contributed by atoms with van der Waals surface area (Å²) in [5.74, 6) is 0.117. The number of aryl methyl sites for hydroxylation is 1. The summed E-state index contributed by atoms with van der Waals surface area (Å²) in [7, 11) is 1.76. The number of carbonyl (C=O) groups is 1. The van der Waals surface area contributed by atoms with Gasteiger partial charge >= 0.3 is 0 Å². The SMILES string of the molecule is CCc1ccc(C(=O)N2CC[C@]3(OC)CC[C@H](OCCO)C[C@H]23)s1. The van der Waals surface area contributed by atoms with Gasteiger partial charge < -0.3 is 19.5 Å². The van der Waals surface area contributed by atoms with Crippen molar-refractivity contribution in [2.75, 3.05) is 26.9 Å². The highest BCUT2D eigenvalue weighted by atomic mass is 32.1. The molecule has 0 spiro atoms. The van der Waals surface area contributed by atoms with Gasteiger partial charge in [-0.05, 0) is 44.2 Å². The van der Waals surface area contributed by atoms with Crippen molar-refractivity contribution in [3.63, 3.8) is 0 Å². The zero-order valence-corrected chi connectivity index (χ0v) is 15.3. The number of nitrogens with zero attached hydrogens (tertiary/aromatic N) is 1. The molecular formula is C18H27NO4S. The minimum Gasteiger partial charge on any atom is -0.394 e. The van der Waals surface area contributed by atoms with Crippen molar-refractivity contribution in [2.24, 2.45) is 0 Å². The highest BCUT2D eigenvalue weighted by Gasteiger charge is 2.52. The lowest BCUT2D eigenvalue weighted by Crippen LogP contribution is -2.53. The summed E-state index contributed by atoms with van der Waals surface area (Å²) in [5, 5.41) is 8.98. The molecule has 3 atom stereocenters. The third-order valence-corrected chi connectivity index (χ3v) is 6.69. The van der Waals surface area contributed by atoms with Gasteiger partial charge in [0.2, 0.25) is 0 Å². The van der Waals surface area contributed by atoms with Gasteiger partial charge in [-0.15, -0.1) is 11.3 Å². The molecule has 1 aliphatic heterocycles. The second-order valence-corrected chi connectivity index (χ2v) is 7.81. The lowest BCUT2D eigenvalue weighted by atomic mass is 9.79. The average Bonchev–Trinajstić information content (AvgIpc) is 3.24. The number of thiophene rings is 1. The molecule has 2 heterocycles. The Kier molecular flexibility index (Phi) is 5.59. The van der Waals surface area contributed by atoms with Crippen LogP contribution in [0.5, 0.6) is 0 Å². The molecule has 24 heavy (non-hydrogen) atoms. The van der Waals surface area contributed by atoms with Crippen molar-refractivity contribution in [1.82, 2.24) is 4.90 Å². The molecular weight excluding hydrogens is 326 g/mol. The van der Waals surface area contributed by atoms with E-state index in [1.807, 2.05) is 17.0 Å². The molecule has 1 aromatic rings. The fraction of sp³-hybridized carbons (Fsp3) is 0.722. The van der Waals surface area contributed by atoms with Crippen molar-refractivity contribution in [1.29, 1.82) is 0 Å². The third kappa shape index (κ3) is 3.25. The number of ether oxygens (including phenoxy) is 2. The third-order valence-electron chi connectivity index (χ3n) is 5.47. The zero-order valence-electron chi connectivity index (χ0n) is 14.5. The van der Waals surface area contributed by atoms with E-state index < -0.39 is 0 Å². The summed E-state index contributed by atoms with van der Waals surface area (Å²) < 4.78 is 11.6. The van der Waals surface area contributed by atoms with Gasteiger partial charge in [0.05, 0.1) is 35.8 Å². The Morgan fingerprint density at radius 1 is 1.46 bits per heavy atom. The van der Waals surface area contributed by atoms with Gasteiger partial charge in [0, 0.05) is 18.5 Å². The quantitative estimate of drug-likeness (QED) is 0.853. The Hall–Kier alpha value is -0.950. The number of methoxy groups -OCH3 is 1. The molecule has 1 aliphatic carbocycles. The van der Waals surface area contributed by atoms with Crippen LogP contribution in [0, 0.1) is 0 Å². The molecule has 2 aliphatic rings. The molecule has 0 radical (unpaired) electrons. The summed E-state index contributed by atoms with van der Waals surface area (Å²) in [6, 6.07) is 4.05. The van der Waals surface area contributed by atoms with E-state index in [9.17, 15) is 4.79 Å². The highest BCUT2D eigenvalue weighted by molar-refractivity contribution is 7.14. The first-order valence-corrected chi connectivity index (χ1v) is 9.62. The van der Waals surface area contributed by atoms with Gasteiger partial charge in [-0.25, -0.2) is 0 Å². The first kappa shape index (κ1) is 17.9. The maximum atomic E-state index is 13.0. The van der Waals surface area contributed by atoms with E-state index >= 15 is 0 Å². The number of aliphatic hydroxyl groups is 1. The molecule has 1 saturated carbocycles. The van der Waals surface area contributed by atoms with E-state index in [2.05, 4.69) is 6.92 Å². The maximum absolute atomic E-state index is 13.0. The van der Waals surface area contributed by atoms with Gasteiger partial charge in [0.15, 0.2) is 0 Å². The number of aliphatic hydroxyl groups excluding tert-OH is 1. The number of amides is 1. The minimum atomic E-state index is -0.237. The first-order chi connectivity index (χ1) is 11.6. The van der Waals surface area contributed by atoms with Gasteiger partial charge in [0.25, 0.3) is 5.91 Å². The number of fused-ring (bicyclic) bond motifs is 1.